The summed E-state index contributed by atoms with van der Waals surface area (Å²) in [5.41, 5.74) is -0.456. The van der Waals surface area contributed by atoms with Crippen LogP contribution in [0.25, 0.3) is 0 Å². The van der Waals surface area contributed by atoms with Gasteiger partial charge in [-0.25, -0.2) is 4.79 Å². The summed E-state index contributed by atoms with van der Waals surface area (Å²) in [6.07, 6.45) is 1.98. The Balaban J connectivity index is 2.27. The highest BCUT2D eigenvalue weighted by Crippen LogP contribution is 2.18. The molecule has 0 spiro atoms. The van der Waals surface area contributed by atoms with Crippen molar-refractivity contribution in [3.05, 3.63) is 0 Å². The highest BCUT2D eigenvalue weighted by molar-refractivity contribution is 5.71. The first-order valence-electron chi connectivity index (χ1n) is 5.99. The number of rotatable bonds is 5. The van der Waals surface area contributed by atoms with E-state index >= 15 is 0 Å². The first-order valence-corrected chi connectivity index (χ1v) is 5.99. The topological polar surface area (TPSA) is 48.0 Å². The molecule has 1 unspecified atom stereocenters. The largest absolute Gasteiger partial charge is 0.458 e. The fourth-order valence-electron chi connectivity index (χ4n) is 1.83. The van der Waals surface area contributed by atoms with Gasteiger partial charge in [0.05, 0.1) is 0 Å². The summed E-state index contributed by atoms with van der Waals surface area (Å²) in [6.45, 7) is 7.03. The van der Waals surface area contributed by atoms with Crippen molar-refractivity contribution in [1.82, 2.24) is 4.90 Å². The highest BCUT2D eigenvalue weighted by Gasteiger charge is 2.26. The average Bonchev–Trinajstić information content (AvgIpc) is 2.60. The molecular formula is C12H23NO4. The van der Waals surface area contributed by atoms with Gasteiger partial charge in [0.1, 0.15) is 25.2 Å². The van der Waals surface area contributed by atoms with Crippen molar-refractivity contribution >= 4 is 5.97 Å². The maximum atomic E-state index is 11.5. The van der Waals surface area contributed by atoms with Gasteiger partial charge >= 0.3 is 5.97 Å². The number of ether oxygens (including phenoxy) is 3. The maximum Gasteiger partial charge on any atom is 0.332 e. The number of hydrogen-bond acceptors (Lipinski definition) is 5. The quantitative estimate of drug-likeness (QED) is 0.685. The molecule has 0 aromatic heterocycles. The minimum atomic E-state index is -0.456. The number of methoxy groups -OCH3 is 1. The van der Waals surface area contributed by atoms with Gasteiger partial charge in [0.25, 0.3) is 0 Å². The number of nitrogens with zero attached hydrogens (tertiary/aromatic N) is 1. The average molecular weight is 245 g/mol. The summed E-state index contributed by atoms with van der Waals surface area (Å²) in [5, 5.41) is 0. The summed E-state index contributed by atoms with van der Waals surface area (Å²) in [6, 6.07) is 0. The molecule has 0 aromatic carbocycles. The van der Waals surface area contributed by atoms with Crippen molar-refractivity contribution in [1.29, 1.82) is 0 Å². The molecule has 1 atom stereocenters. The molecule has 17 heavy (non-hydrogen) atoms. The van der Waals surface area contributed by atoms with Crippen molar-refractivity contribution in [2.45, 2.75) is 45.4 Å². The van der Waals surface area contributed by atoms with Crippen molar-refractivity contribution in [2.24, 2.45) is 0 Å². The molecule has 0 radical (unpaired) electrons. The van der Waals surface area contributed by atoms with Gasteiger partial charge in [-0.15, -0.1) is 0 Å². The van der Waals surface area contributed by atoms with E-state index in [0.29, 0.717) is 6.73 Å². The smallest absolute Gasteiger partial charge is 0.332 e. The Kier molecular flexibility index (Phi) is 5.36. The molecule has 0 N–H and O–H groups in total. The molecule has 1 aliphatic rings. The summed E-state index contributed by atoms with van der Waals surface area (Å²) in [4.78, 5) is 13.6. The van der Waals surface area contributed by atoms with Crippen LogP contribution in [0.4, 0.5) is 0 Å². The molecule has 1 aliphatic heterocycles. The van der Waals surface area contributed by atoms with Crippen molar-refractivity contribution in [3.8, 4) is 0 Å². The van der Waals surface area contributed by atoms with Gasteiger partial charge < -0.3 is 14.2 Å². The number of hydrogen-bond donors (Lipinski definition) is 0. The molecular weight excluding hydrogens is 222 g/mol. The summed E-state index contributed by atoms with van der Waals surface area (Å²) in [5.74, 6) is -0.318. The second-order valence-electron chi connectivity index (χ2n) is 5.22. The molecule has 1 fully saturated rings. The molecule has 1 heterocycles. The normalized spacial score (nSPS) is 21.8. The fraction of sp³-hybridized carbons (Fsp3) is 0.917. The van der Waals surface area contributed by atoms with E-state index in [1.807, 2.05) is 20.8 Å². The van der Waals surface area contributed by atoms with Gasteiger partial charge in [-0.3, -0.25) is 4.90 Å². The van der Waals surface area contributed by atoms with Gasteiger partial charge in [0.15, 0.2) is 0 Å². The third-order valence-electron chi connectivity index (χ3n) is 2.41. The monoisotopic (exact) mass is 245 g/mol. The first-order chi connectivity index (χ1) is 7.92. The third kappa shape index (κ3) is 5.48. The lowest BCUT2D eigenvalue weighted by Crippen LogP contribution is -2.35. The minimum Gasteiger partial charge on any atom is -0.458 e. The van der Waals surface area contributed by atoms with Gasteiger partial charge in [0, 0.05) is 13.7 Å². The standard InChI is InChI=1S/C12H23NO4/c1-12(2,3)17-11(14)8-16-10-6-5-7-13(10)9-15-4/h10H,5-9H2,1-4H3. The molecule has 5 heteroatoms. The number of likely N-dealkylation sites (tertiary alicyclic amines) is 1. The van der Waals surface area contributed by atoms with Crippen LogP contribution in [0, 0.1) is 0 Å². The Morgan fingerprint density at radius 1 is 1.41 bits per heavy atom. The Labute approximate surface area is 103 Å². The second-order valence-corrected chi connectivity index (χ2v) is 5.22. The molecule has 100 valence electrons. The summed E-state index contributed by atoms with van der Waals surface area (Å²) >= 11 is 0. The molecule has 5 nitrogen and oxygen atoms in total. The summed E-state index contributed by atoms with van der Waals surface area (Å²) in [7, 11) is 1.66. The lowest BCUT2D eigenvalue weighted by atomic mass is 10.2. The Morgan fingerprint density at radius 3 is 2.71 bits per heavy atom. The van der Waals surface area contributed by atoms with Crippen molar-refractivity contribution < 1.29 is 19.0 Å². The van der Waals surface area contributed by atoms with E-state index in [4.69, 9.17) is 14.2 Å². The van der Waals surface area contributed by atoms with Gasteiger partial charge in [0.2, 0.25) is 0 Å². The van der Waals surface area contributed by atoms with Crippen LogP contribution < -0.4 is 0 Å². The maximum absolute atomic E-state index is 11.5. The zero-order valence-corrected chi connectivity index (χ0v) is 11.2. The molecule has 1 rings (SSSR count). The first kappa shape index (κ1) is 14.4. The van der Waals surface area contributed by atoms with Crippen LogP contribution in [0.1, 0.15) is 33.6 Å². The van der Waals surface area contributed by atoms with Gasteiger partial charge in [-0.05, 0) is 33.6 Å². The van der Waals surface area contributed by atoms with Crippen LogP contribution in [-0.2, 0) is 19.0 Å². The van der Waals surface area contributed by atoms with Gasteiger partial charge in [-0.2, -0.15) is 0 Å². The predicted molar refractivity (Wildman–Crippen MR) is 63.4 cm³/mol. The van der Waals surface area contributed by atoms with Crippen molar-refractivity contribution in [2.75, 3.05) is 27.0 Å². The second kappa shape index (κ2) is 6.33. The highest BCUT2D eigenvalue weighted by atomic mass is 16.6. The summed E-state index contributed by atoms with van der Waals surface area (Å²) < 4.78 is 15.8. The van der Waals surface area contributed by atoms with Crippen LogP contribution >= 0.6 is 0 Å². The molecule has 0 aromatic rings. The van der Waals surface area contributed by atoms with E-state index in [9.17, 15) is 4.79 Å². The number of esters is 1. The molecule has 0 aliphatic carbocycles. The molecule has 0 bridgehead atoms. The van der Waals surface area contributed by atoms with E-state index in [1.165, 1.54) is 0 Å². The van der Waals surface area contributed by atoms with Crippen LogP contribution in [0.5, 0.6) is 0 Å². The third-order valence-corrected chi connectivity index (χ3v) is 2.41. The van der Waals surface area contributed by atoms with Crippen LogP contribution in [-0.4, -0.2) is 49.7 Å². The SMILES string of the molecule is COCN1CCCC1OCC(=O)OC(C)(C)C. The number of carbonyl (C=O) groups is 1. The molecule has 0 amide bonds. The lowest BCUT2D eigenvalue weighted by molar-refractivity contribution is -0.167. The Hall–Kier alpha value is -0.650. The van der Waals surface area contributed by atoms with E-state index in [0.717, 1.165) is 19.4 Å². The molecule has 0 saturated carbocycles. The molecule has 1 saturated heterocycles. The van der Waals surface area contributed by atoms with Gasteiger partial charge in [-0.1, -0.05) is 0 Å². The Bertz CT molecular complexity index is 249. The van der Waals surface area contributed by atoms with E-state index in [2.05, 4.69) is 4.90 Å². The van der Waals surface area contributed by atoms with Crippen LogP contribution in [0.3, 0.4) is 0 Å². The van der Waals surface area contributed by atoms with Crippen LogP contribution in [0.2, 0.25) is 0 Å². The zero-order chi connectivity index (χ0) is 12.9. The van der Waals surface area contributed by atoms with Crippen LogP contribution in [0.15, 0.2) is 0 Å². The Morgan fingerprint density at radius 2 is 2.12 bits per heavy atom. The van der Waals surface area contributed by atoms with E-state index < -0.39 is 5.60 Å². The lowest BCUT2D eigenvalue weighted by Gasteiger charge is -2.24. The van der Waals surface area contributed by atoms with E-state index in [-0.39, 0.29) is 18.8 Å². The van der Waals surface area contributed by atoms with E-state index in [1.54, 1.807) is 7.11 Å². The number of carbonyl (C=O) groups excluding carboxylic acids is 1. The van der Waals surface area contributed by atoms with Crippen molar-refractivity contribution in [3.63, 3.8) is 0 Å². The zero-order valence-electron chi connectivity index (χ0n) is 11.2. The predicted octanol–water partition coefficient (Wildman–Crippen LogP) is 1.37. The minimum absolute atomic E-state index is 0.00213. The fourth-order valence-corrected chi connectivity index (χ4v) is 1.83.